The van der Waals surface area contributed by atoms with Gasteiger partial charge in [0.25, 0.3) is 11.5 Å². The Morgan fingerprint density at radius 1 is 1.38 bits per heavy atom. The topological polar surface area (TPSA) is 98.1 Å². The maximum absolute atomic E-state index is 12.0. The van der Waals surface area contributed by atoms with E-state index in [1.54, 1.807) is 17.6 Å². The Hall–Kier alpha value is -2.22. The van der Waals surface area contributed by atoms with Crippen LogP contribution in [-0.2, 0) is 16.6 Å². The number of carbonyl (C=O) groups excluding carboxylic acids is 1. The van der Waals surface area contributed by atoms with E-state index in [0.29, 0.717) is 23.3 Å². The molecule has 0 saturated carbocycles. The summed E-state index contributed by atoms with van der Waals surface area (Å²) in [5.74, 6) is -0.729. The number of benzene rings is 1. The Labute approximate surface area is 121 Å². The van der Waals surface area contributed by atoms with Gasteiger partial charge in [0.1, 0.15) is 5.69 Å². The molecule has 7 nitrogen and oxygen atoms in total. The predicted octanol–water partition coefficient (Wildman–Crippen LogP) is 0.414. The van der Waals surface area contributed by atoms with E-state index in [9.17, 15) is 18.0 Å². The average molecular weight is 309 g/mol. The molecule has 1 amide bonds. The smallest absolute Gasteiger partial charge is 0.272 e. The molecule has 0 unspecified atom stereocenters. The van der Waals surface area contributed by atoms with Crippen molar-refractivity contribution >= 4 is 27.0 Å². The van der Waals surface area contributed by atoms with Crippen molar-refractivity contribution in [1.29, 1.82) is 0 Å². The maximum atomic E-state index is 12.0. The van der Waals surface area contributed by atoms with Gasteiger partial charge >= 0.3 is 0 Å². The van der Waals surface area contributed by atoms with Crippen molar-refractivity contribution in [1.82, 2.24) is 14.3 Å². The number of fused-ring (bicyclic) bond motifs is 1. The minimum Gasteiger partial charge on any atom is -0.305 e. The van der Waals surface area contributed by atoms with E-state index in [4.69, 9.17) is 0 Å². The lowest BCUT2D eigenvalue weighted by atomic mass is 10.1. The van der Waals surface area contributed by atoms with E-state index in [2.05, 4.69) is 4.98 Å². The van der Waals surface area contributed by atoms with Gasteiger partial charge in [-0.2, -0.15) is 0 Å². The third-order valence-corrected chi connectivity index (χ3v) is 3.52. The van der Waals surface area contributed by atoms with Gasteiger partial charge < -0.3 is 4.57 Å². The van der Waals surface area contributed by atoms with Crippen LogP contribution in [0.1, 0.15) is 23.0 Å². The molecule has 0 bridgehead atoms. The standard InChI is InChI=1S/C13H15N3O4S/c1-4-16-11-6-5-9(12(17)15-21(3,19)20)7-10(11)14-8(2)13(16)18/h5-7H,4H2,1-3H3,(H,15,17). The van der Waals surface area contributed by atoms with Crippen LogP contribution in [0.25, 0.3) is 11.0 Å². The molecule has 0 fully saturated rings. The van der Waals surface area contributed by atoms with Gasteiger partial charge in [0, 0.05) is 12.1 Å². The highest BCUT2D eigenvalue weighted by Gasteiger charge is 2.13. The molecular formula is C13H15N3O4S. The lowest BCUT2D eigenvalue weighted by molar-refractivity contribution is 0.0982. The summed E-state index contributed by atoms with van der Waals surface area (Å²) in [6.07, 6.45) is 0.906. The van der Waals surface area contributed by atoms with Crippen LogP contribution in [0.2, 0.25) is 0 Å². The van der Waals surface area contributed by atoms with Crippen LogP contribution in [0.3, 0.4) is 0 Å². The van der Waals surface area contributed by atoms with Gasteiger partial charge in [0.15, 0.2) is 0 Å². The highest BCUT2D eigenvalue weighted by molar-refractivity contribution is 7.89. The van der Waals surface area contributed by atoms with Gasteiger partial charge in [-0.3, -0.25) is 9.59 Å². The highest BCUT2D eigenvalue weighted by Crippen LogP contribution is 2.13. The van der Waals surface area contributed by atoms with Gasteiger partial charge in [0.2, 0.25) is 10.0 Å². The summed E-state index contributed by atoms with van der Waals surface area (Å²) in [5, 5.41) is 0. The number of nitrogens with zero attached hydrogens (tertiary/aromatic N) is 2. The molecule has 2 aromatic rings. The first kappa shape index (κ1) is 15.2. The number of hydrogen-bond acceptors (Lipinski definition) is 5. The zero-order valence-electron chi connectivity index (χ0n) is 11.9. The maximum Gasteiger partial charge on any atom is 0.272 e. The molecule has 21 heavy (non-hydrogen) atoms. The van der Waals surface area contributed by atoms with E-state index in [0.717, 1.165) is 6.26 Å². The number of amides is 1. The Morgan fingerprint density at radius 2 is 2.05 bits per heavy atom. The van der Waals surface area contributed by atoms with Crippen LogP contribution in [0, 0.1) is 6.92 Å². The largest absolute Gasteiger partial charge is 0.305 e. The fourth-order valence-corrected chi connectivity index (χ4v) is 2.51. The third-order valence-electron chi connectivity index (χ3n) is 2.97. The predicted molar refractivity (Wildman–Crippen MR) is 78.7 cm³/mol. The van der Waals surface area contributed by atoms with Gasteiger partial charge in [-0.25, -0.2) is 18.1 Å². The molecule has 1 N–H and O–H groups in total. The van der Waals surface area contributed by atoms with E-state index >= 15 is 0 Å². The molecule has 2 rings (SSSR count). The lowest BCUT2D eigenvalue weighted by Gasteiger charge is -2.10. The lowest BCUT2D eigenvalue weighted by Crippen LogP contribution is -2.29. The molecule has 0 spiro atoms. The first-order valence-electron chi connectivity index (χ1n) is 6.26. The molecule has 0 radical (unpaired) electrons. The Bertz CT molecular complexity index is 884. The number of aryl methyl sites for hydroxylation is 2. The van der Waals surface area contributed by atoms with Gasteiger partial charge in [0.05, 0.1) is 17.3 Å². The zero-order chi connectivity index (χ0) is 15.8. The summed E-state index contributed by atoms with van der Waals surface area (Å²) >= 11 is 0. The van der Waals surface area contributed by atoms with Crippen LogP contribution in [-0.4, -0.2) is 30.1 Å². The van der Waals surface area contributed by atoms with E-state index in [-0.39, 0.29) is 11.1 Å². The van der Waals surface area contributed by atoms with Crippen LogP contribution >= 0.6 is 0 Å². The second-order valence-corrected chi connectivity index (χ2v) is 6.40. The van der Waals surface area contributed by atoms with E-state index in [1.807, 2.05) is 11.6 Å². The summed E-state index contributed by atoms with van der Waals surface area (Å²) < 4.78 is 25.6. The second kappa shape index (κ2) is 5.28. The number of rotatable bonds is 3. The summed E-state index contributed by atoms with van der Waals surface area (Å²) in [7, 11) is -3.63. The average Bonchev–Trinajstić information content (AvgIpc) is 2.38. The van der Waals surface area contributed by atoms with Crippen molar-refractivity contribution < 1.29 is 13.2 Å². The van der Waals surface area contributed by atoms with Crippen molar-refractivity contribution in [2.24, 2.45) is 0 Å². The molecule has 0 aliphatic rings. The van der Waals surface area contributed by atoms with Crippen molar-refractivity contribution in [3.63, 3.8) is 0 Å². The van der Waals surface area contributed by atoms with E-state index in [1.165, 1.54) is 12.1 Å². The van der Waals surface area contributed by atoms with Crippen LogP contribution in [0.4, 0.5) is 0 Å². The van der Waals surface area contributed by atoms with Crippen molar-refractivity contribution in [3.8, 4) is 0 Å². The number of sulfonamides is 1. The number of carbonyl (C=O) groups is 1. The molecular weight excluding hydrogens is 294 g/mol. The summed E-state index contributed by atoms with van der Waals surface area (Å²) in [4.78, 5) is 27.9. The SMILES string of the molecule is CCn1c(=O)c(C)nc2cc(C(=O)NS(C)(=O)=O)ccc21. The van der Waals surface area contributed by atoms with Crippen molar-refractivity contribution in [3.05, 3.63) is 39.8 Å². The van der Waals surface area contributed by atoms with Crippen molar-refractivity contribution in [2.75, 3.05) is 6.26 Å². The molecule has 0 aliphatic carbocycles. The molecule has 1 aromatic carbocycles. The van der Waals surface area contributed by atoms with Crippen molar-refractivity contribution in [2.45, 2.75) is 20.4 Å². The number of aromatic nitrogens is 2. The third kappa shape index (κ3) is 3.10. The highest BCUT2D eigenvalue weighted by atomic mass is 32.2. The van der Waals surface area contributed by atoms with Crippen LogP contribution in [0.15, 0.2) is 23.0 Å². The van der Waals surface area contributed by atoms with Gasteiger partial charge in [-0.1, -0.05) is 0 Å². The summed E-state index contributed by atoms with van der Waals surface area (Å²) in [6, 6.07) is 4.52. The van der Waals surface area contributed by atoms with Gasteiger partial charge in [-0.05, 0) is 32.0 Å². The molecule has 0 aliphatic heterocycles. The molecule has 0 saturated heterocycles. The number of nitrogens with one attached hydrogen (secondary N) is 1. The minimum atomic E-state index is -3.63. The molecule has 8 heteroatoms. The van der Waals surface area contributed by atoms with Crippen LogP contribution < -0.4 is 10.3 Å². The molecule has 0 atom stereocenters. The van der Waals surface area contributed by atoms with Crippen LogP contribution in [0.5, 0.6) is 0 Å². The Morgan fingerprint density at radius 3 is 2.62 bits per heavy atom. The van der Waals surface area contributed by atoms with Gasteiger partial charge in [-0.15, -0.1) is 0 Å². The quantitative estimate of drug-likeness (QED) is 0.885. The number of hydrogen-bond donors (Lipinski definition) is 1. The molecule has 1 aromatic heterocycles. The fourth-order valence-electron chi connectivity index (χ4n) is 2.06. The Balaban J connectivity index is 2.60. The second-order valence-electron chi connectivity index (χ2n) is 4.65. The molecule has 1 heterocycles. The normalized spacial score (nSPS) is 11.6. The summed E-state index contributed by atoms with van der Waals surface area (Å²) in [6.45, 7) is 3.91. The zero-order valence-corrected chi connectivity index (χ0v) is 12.7. The fraction of sp³-hybridized carbons (Fsp3) is 0.308. The first-order chi connectivity index (χ1) is 9.73. The monoisotopic (exact) mass is 309 g/mol. The van der Waals surface area contributed by atoms with E-state index < -0.39 is 15.9 Å². The first-order valence-corrected chi connectivity index (χ1v) is 8.15. The summed E-state index contributed by atoms with van der Waals surface area (Å²) in [5.41, 5.74) is 1.38. The Kier molecular flexibility index (Phi) is 3.82. The molecule has 112 valence electrons. The minimum absolute atomic E-state index is 0.168.